The lowest BCUT2D eigenvalue weighted by atomic mass is 10.0. The second-order valence-electron chi connectivity index (χ2n) is 8.35. The van der Waals surface area contributed by atoms with Crippen LogP contribution in [0.1, 0.15) is 35.4 Å². The molecule has 4 heterocycles. The number of rotatable bonds is 4. The van der Waals surface area contributed by atoms with Crippen molar-refractivity contribution in [3.63, 3.8) is 0 Å². The number of fused-ring (bicyclic) bond motifs is 2. The highest BCUT2D eigenvalue weighted by molar-refractivity contribution is 6.29. The molecule has 1 aromatic carbocycles. The van der Waals surface area contributed by atoms with Gasteiger partial charge < -0.3 is 9.15 Å². The number of pyridine rings is 2. The summed E-state index contributed by atoms with van der Waals surface area (Å²) in [5.74, 6) is 0.672. The Kier molecular flexibility index (Phi) is 5.50. The highest BCUT2D eigenvalue weighted by atomic mass is 35.5. The largest absolute Gasteiger partial charge is 0.483 e. The summed E-state index contributed by atoms with van der Waals surface area (Å²) in [6.45, 7) is 5.46. The number of nitrogens with zero attached hydrogens (tertiary/aromatic N) is 5. The molecule has 0 aliphatic rings. The summed E-state index contributed by atoms with van der Waals surface area (Å²) >= 11 is 5.92. The van der Waals surface area contributed by atoms with Crippen molar-refractivity contribution in [2.45, 2.75) is 26.9 Å². The Morgan fingerprint density at radius 2 is 1.97 bits per heavy atom. The van der Waals surface area contributed by atoms with Gasteiger partial charge in [-0.2, -0.15) is 10.4 Å². The topological polar surface area (TPSA) is 107 Å². The van der Waals surface area contributed by atoms with Gasteiger partial charge in [0.05, 0.1) is 11.6 Å². The van der Waals surface area contributed by atoms with Crippen LogP contribution in [0.2, 0.25) is 5.15 Å². The standard InChI is InChI=1S/C26H20ClN5O3/c1-13-9-17(15(3)34-21-7-8-22(27)30-20(21)11-28)25-18(10-13)23(33)14(2)24(35-25)19-6-5-16-12-29-32(4)26(16)31-19/h5-10,12,15H,1-4H3/t15-/m1/s1. The molecule has 9 heteroatoms. The third-order valence-electron chi connectivity index (χ3n) is 5.88. The van der Waals surface area contributed by atoms with Gasteiger partial charge in [0.2, 0.25) is 0 Å². The second-order valence-corrected chi connectivity index (χ2v) is 8.73. The molecule has 5 aromatic rings. The predicted octanol–water partition coefficient (Wildman–Crippen LogP) is 5.42. The number of ether oxygens (including phenoxy) is 1. The molecule has 0 saturated carbocycles. The van der Waals surface area contributed by atoms with E-state index in [4.69, 9.17) is 20.8 Å². The van der Waals surface area contributed by atoms with Gasteiger partial charge in [0, 0.05) is 23.6 Å². The Bertz CT molecular complexity index is 1730. The molecule has 0 fully saturated rings. The van der Waals surface area contributed by atoms with Gasteiger partial charge in [0.1, 0.15) is 28.6 Å². The summed E-state index contributed by atoms with van der Waals surface area (Å²) in [5, 5.41) is 15.2. The number of benzene rings is 1. The average Bonchev–Trinajstić information content (AvgIpc) is 3.22. The van der Waals surface area contributed by atoms with E-state index in [9.17, 15) is 10.1 Å². The third kappa shape index (κ3) is 3.90. The summed E-state index contributed by atoms with van der Waals surface area (Å²) in [7, 11) is 1.81. The van der Waals surface area contributed by atoms with Crippen LogP contribution < -0.4 is 10.2 Å². The summed E-state index contributed by atoms with van der Waals surface area (Å²) < 4.78 is 14.1. The first-order valence-electron chi connectivity index (χ1n) is 10.9. The van der Waals surface area contributed by atoms with E-state index in [0.717, 1.165) is 10.9 Å². The summed E-state index contributed by atoms with van der Waals surface area (Å²) in [4.78, 5) is 22.1. The van der Waals surface area contributed by atoms with Crippen molar-refractivity contribution in [2.24, 2.45) is 7.05 Å². The molecular weight excluding hydrogens is 466 g/mol. The molecule has 35 heavy (non-hydrogen) atoms. The van der Waals surface area contributed by atoms with E-state index in [0.29, 0.717) is 39.2 Å². The third-order valence-corrected chi connectivity index (χ3v) is 6.09. The maximum absolute atomic E-state index is 13.4. The van der Waals surface area contributed by atoms with Crippen LogP contribution in [0.4, 0.5) is 0 Å². The van der Waals surface area contributed by atoms with Crippen LogP contribution in [0.25, 0.3) is 33.5 Å². The van der Waals surface area contributed by atoms with Gasteiger partial charge in [-0.05, 0) is 62.7 Å². The average molecular weight is 486 g/mol. The van der Waals surface area contributed by atoms with E-state index < -0.39 is 6.10 Å². The van der Waals surface area contributed by atoms with Gasteiger partial charge in [-0.3, -0.25) is 9.48 Å². The highest BCUT2D eigenvalue weighted by Gasteiger charge is 2.21. The van der Waals surface area contributed by atoms with Crippen LogP contribution in [0.15, 0.2) is 51.8 Å². The van der Waals surface area contributed by atoms with Crippen molar-refractivity contribution in [3.05, 3.63) is 80.4 Å². The van der Waals surface area contributed by atoms with E-state index in [1.54, 1.807) is 36.0 Å². The molecular formula is C26H20ClN5O3. The Labute approximate surface area is 205 Å². The minimum atomic E-state index is -0.557. The summed E-state index contributed by atoms with van der Waals surface area (Å²) in [6, 6.07) is 12.6. The fourth-order valence-electron chi connectivity index (χ4n) is 4.11. The first kappa shape index (κ1) is 22.6. The van der Waals surface area contributed by atoms with Crippen molar-refractivity contribution in [3.8, 4) is 23.3 Å². The number of nitriles is 1. The normalized spacial score (nSPS) is 12.1. The maximum Gasteiger partial charge on any atom is 0.196 e. The van der Waals surface area contributed by atoms with Crippen molar-refractivity contribution >= 4 is 33.6 Å². The van der Waals surface area contributed by atoms with Gasteiger partial charge in [-0.15, -0.1) is 0 Å². The maximum atomic E-state index is 13.4. The zero-order chi connectivity index (χ0) is 24.9. The molecule has 0 unspecified atom stereocenters. The highest BCUT2D eigenvalue weighted by Crippen LogP contribution is 2.33. The van der Waals surface area contributed by atoms with Gasteiger partial charge >= 0.3 is 0 Å². The monoisotopic (exact) mass is 485 g/mol. The number of hydrogen-bond acceptors (Lipinski definition) is 7. The molecule has 1 atom stereocenters. The Morgan fingerprint density at radius 3 is 2.74 bits per heavy atom. The summed E-state index contributed by atoms with van der Waals surface area (Å²) in [5.41, 5.74) is 3.57. The molecule has 0 aliphatic carbocycles. The van der Waals surface area contributed by atoms with E-state index >= 15 is 0 Å². The van der Waals surface area contributed by atoms with E-state index in [1.807, 2.05) is 45.2 Å². The van der Waals surface area contributed by atoms with Crippen molar-refractivity contribution in [1.82, 2.24) is 19.7 Å². The van der Waals surface area contributed by atoms with E-state index in [-0.39, 0.29) is 22.0 Å². The number of hydrogen-bond donors (Lipinski definition) is 0. The first-order chi connectivity index (χ1) is 16.8. The van der Waals surface area contributed by atoms with Gasteiger partial charge in [-0.1, -0.05) is 11.6 Å². The van der Waals surface area contributed by atoms with Crippen LogP contribution in [-0.4, -0.2) is 19.7 Å². The van der Waals surface area contributed by atoms with Crippen LogP contribution in [-0.2, 0) is 7.05 Å². The fourth-order valence-corrected chi connectivity index (χ4v) is 4.26. The molecule has 0 spiro atoms. The molecule has 174 valence electrons. The lowest BCUT2D eigenvalue weighted by molar-refractivity contribution is 0.225. The number of aromatic nitrogens is 4. The molecule has 0 amide bonds. The number of halogens is 1. The lowest BCUT2D eigenvalue weighted by Gasteiger charge is -2.18. The van der Waals surface area contributed by atoms with Crippen LogP contribution >= 0.6 is 11.6 Å². The Morgan fingerprint density at radius 1 is 1.17 bits per heavy atom. The van der Waals surface area contributed by atoms with Crippen LogP contribution in [0, 0.1) is 25.2 Å². The molecule has 4 aromatic heterocycles. The minimum Gasteiger partial charge on any atom is -0.483 e. The molecule has 8 nitrogen and oxygen atoms in total. The minimum absolute atomic E-state index is 0.0768. The quantitative estimate of drug-likeness (QED) is 0.313. The molecule has 0 saturated heterocycles. The Balaban J connectivity index is 1.68. The second kappa shape index (κ2) is 8.53. The van der Waals surface area contributed by atoms with Crippen LogP contribution in [0.5, 0.6) is 5.75 Å². The predicted molar refractivity (Wildman–Crippen MR) is 132 cm³/mol. The van der Waals surface area contributed by atoms with E-state index in [2.05, 4.69) is 15.1 Å². The summed E-state index contributed by atoms with van der Waals surface area (Å²) in [6.07, 6.45) is 1.18. The number of aryl methyl sites for hydroxylation is 2. The van der Waals surface area contributed by atoms with Crippen molar-refractivity contribution in [2.75, 3.05) is 0 Å². The fraction of sp³-hybridized carbons (Fsp3) is 0.192. The molecule has 0 radical (unpaired) electrons. The van der Waals surface area contributed by atoms with Crippen molar-refractivity contribution in [1.29, 1.82) is 5.26 Å². The van der Waals surface area contributed by atoms with Crippen molar-refractivity contribution < 1.29 is 9.15 Å². The molecule has 0 N–H and O–H groups in total. The van der Waals surface area contributed by atoms with Gasteiger partial charge in [-0.25, -0.2) is 9.97 Å². The Hall–Kier alpha value is -4.22. The van der Waals surface area contributed by atoms with Gasteiger partial charge in [0.15, 0.2) is 28.3 Å². The first-order valence-corrected chi connectivity index (χ1v) is 11.2. The SMILES string of the molecule is Cc1cc([C@@H](C)Oc2ccc(Cl)nc2C#N)c2oc(-c3ccc4cnn(C)c4n3)c(C)c(=O)c2c1. The lowest BCUT2D eigenvalue weighted by Crippen LogP contribution is -2.12. The zero-order valence-electron chi connectivity index (χ0n) is 19.5. The zero-order valence-corrected chi connectivity index (χ0v) is 20.2. The van der Waals surface area contributed by atoms with E-state index in [1.165, 1.54) is 0 Å². The molecule has 0 aliphatic heterocycles. The van der Waals surface area contributed by atoms with Crippen LogP contribution in [0.3, 0.4) is 0 Å². The smallest absolute Gasteiger partial charge is 0.196 e. The van der Waals surface area contributed by atoms with Gasteiger partial charge in [0.25, 0.3) is 0 Å². The molecule has 0 bridgehead atoms. The molecule has 5 rings (SSSR count).